The van der Waals surface area contributed by atoms with Gasteiger partial charge in [-0.15, -0.1) is 0 Å². The standard InChI is InChI=1S/C24H28FN5/c1-5-7-10-22(21-11-8-9-17(3)27-21)29-24(23-18(6-2)13-15-30(23)4)28-20-12-14-26-16-19(20)25/h8-16H,5-7H2,1-4H3,(H,26,28,29)/b22-10+. The van der Waals surface area contributed by atoms with Crippen LogP contribution in [0, 0.1) is 12.7 Å². The predicted octanol–water partition coefficient (Wildman–Crippen LogP) is 5.52. The molecule has 0 aliphatic rings. The molecule has 0 amide bonds. The second-order valence-corrected chi connectivity index (χ2v) is 7.14. The molecule has 0 aromatic carbocycles. The van der Waals surface area contributed by atoms with Gasteiger partial charge in [-0.1, -0.05) is 32.4 Å². The highest BCUT2D eigenvalue weighted by Gasteiger charge is 2.16. The van der Waals surface area contributed by atoms with E-state index in [1.54, 1.807) is 12.3 Å². The molecule has 0 saturated carbocycles. The molecule has 0 aliphatic carbocycles. The van der Waals surface area contributed by atoms with Gasteiger partial charge in [-0.3, -0.25) is 9.97 Å². The molecular weight excluding hydrogens is 377 g/mol. The Bertz CT molecular complexity index is 1060. The minimum absolute atomic E-state index is 0.332. The van der Waals surface area contributed by atoms with Crippen LogP contribution in [-0.2, 0) is 13.5 Å². The Hall–Kier alpha value is -3.28. The van der Waals surface area contributed by atoms with E-state index in [0.29, 0.717) is 11.5 Å². The van der Waals surface area contributed by atoms with Gasteiger partial charge in [-0.2, -0.15) is 0 Å². The summed E-state index contributed by atoms with van der Waals surface area (Å²) in [6.45, 7) is 6.18. The van der Waals surface area contributed by atoms with Crippen molar-refractivity contribution in [2.75, 3.05) is 5.32 Å². The van der Waals surface area contributed by atoms with Crippen LogP contribution in [0.4, 0.5) is 10.1 Å². The van der Waals surface area contributed by atoms with Crippen molar-refractivity contribution in [1.82, 2.24) is 14.5 Å². The van der Waals surface area contributed by atoms with Gasteiger partial charge in [0.1, 0.15) is 0 Å². The van der Waals surface area contributed by atoms with E-state index in [2.05, 4.69) is 41.3 Å². The summed E-state index contributed by atoms with van der Waals surface area (Å²) in [6, 6.07) is 9.56. The van der Waals surface area contributed by atoms with Crippen LogP contribution in [0.5, 0.6) is 0 Å². The van der Waals surface area contributed by atoms with Crippen molar-refractivity contribution in [2.24, 2.45) is 12.0 Å². The first kappa shape index (κ1) is 21.4. The van der Waals surface area contributed by atoms with Gasteiger partial charge >= 0.3 is 0 Å². The van der Waals surface area contributed by atoms with Gasteiger partial charge in [0.25, 0.3) is 0 Å². The number of pyridine rings is 2. The number of allylic oxidation sites excluding steroid dienone is 1. The molecular formula is C24H28FN5. The third-order valence-corrected chi connectivity index (χ3v) is 4.80. The van der Waals surface area contributed by atoms with Crippen molar-refractivity contribution in [3.8, 4) is 0 Å². The fourth-order valence-corrected chi connectivity index (χ4v) is 3.23. The molecule has 0 atom stereocenters. The van der Waals surface area contributed by atoms with Crippen LogP contribution in [0.3, 0.4) is 0 Å². The first-order chi connectivity index (χ1) is 14.5. The van der Waals surface area contributed by atoms with Crippen LogP contribution in [0.15, 0.2) is 60.0 Å². The lowest BCUT2D eigenvalue weighted by Gasteiger charge is -2.15. The summed E-state index contributed by atoms with van der Waals surface area (Å²) in [4.78, 5) is 13.5. The number of aryl methyl sites for hydroxylation is 3. The Morgan fingerprint density at radius 2 is 2.07 bits per heavy atom. The van der Waals surface area contributed by atoms with E-state index in [1.807, 2.05) is 42.9 Å². The largest absolute Gasteiger partial charge is 0.348 e. The van der Waals surface area contributed by atoms with Crippen molar-refractivity contribution in [2.45, 2.75) is 40.0 Å². The Kier molecular flexibility index (Phi) is 7.12. The molecule has 1 N–H and O–H groups in total. The van der Waals surface area contributed by atoms with Gasteiger partial charge < -0.3 is 9.88 Å². The molecule has 0 bridgehead atoms. The van der Waals surface area contributed by atoms with Gasteiger partial charge in [-0.05, 0) is 49.6 Å². The van der Waals surface area contributed by atoms with E-state index in [9.17, 15) is 4.39 Å². The van der Waals surface area contributed by atoms with Crippen molar-refractivity contribution in [3.63, 3.8) is 0 Å². The van der Waals surface area contributed by atoms with E-state index in [4.69, 9.17) is 4.99 Å². The van der Waals surface area contributed by atoms with Gasteiger partial charge in [-0.25, -0.2) is 9.38 Å². The molecule has 3 aromatic heterocycles. The Morgan fingerprint density at radius 3 is 2.77 bits per heavy atom. The lowest BCUT2D eigenvalue weighted by Crippen LogP contribution is -2.20. The zero-order chi connectivity index (χ0) is 21.5. The molecule has 3 aromatic rings. The Morgan fingerprint density at radius 1 is 1.23 bits per heavy atom. The maximum Gasteiger partial charge on any atom is 0.164 e. The lowest BCUT2D eigenvalue weighted by atomic mass is 10.1. The van der Waals surface area contributed by atoms with Crippen molar-refractivity contribution < 1.29 is 4.39 Å². The number of aliphatic imine (C=N–C) groups is 1. The minimum Gasteiger partial charge on any atom is -0.348 e. The smallest absolute Gasteiger partial charge is 0.164 e. The zero-order valence-electron chi connectivity index (χ0n) is 18.0. The Balaban J connectivity index is 2.16. The fraction of sp³-hybridized carbons (Fsp3) is 0.292. The molecule has 156 valence electrons. The van der Waals surface area contributed by atoms with Crippen molar-refractivity contribution >= 4 is 17.2 Å². The number of anilines is 1. The number of hydrogen-bond donors (Lipinski definition) is 1. The molecule has 3 rings (SSSR count). The van der Waals surface area contributed by atoms with Gasteiger partial charge in [0, 0.05) is 25.1 Å². The number of halogens is 1. The van der Waals surface area contributed by atoms with Gasteiger partial charge in [0.2, 0.25) is 0 Å². The van der Waals surface area contributed by atoms with E-state index in [1.165, 1.54) is 6.20 Å². The average Bonchev–Trinajstić information content (AvgIpc) is 3.12. The molecule has 0 radical (unpaired) electrons. The number of nitrogens with one attached hydrogen (secondary N) is 1. The second-order valence-electron chi connectivity index (χ2n) is 7.14. The van der Waals surface area contributed by atoms with E-state index < -0.39 is 5.82 Å². The normalized spacial score (nSPS) is 12.3. The summed E-state index contributed by atoms with van der Waals surface area (Å²) in [5.74, 6) is 0.153. The number of unbranched alkanes of at least 4 members (excludes halogenated alkanes) is 1. The van der Waals surface area contributed by atoms with Crippen molar-refractivity contribution in [3.05, 3.63) is 83.5 Å². The molecule has 0 fully saturated rings. The molecule has 6 heteroatoms. The van der Waals surface area contributed by atoms with Crippen LogP contribution in [-0.4, -0.2) is 20.4 Å². The minimum atomic E-state index is -0.426. The number of rotatable bonds is 7. The maximum atomic E-state index is 14.4. The lowest BCUT2D eigenvalue weighted by molar-refractivity contribution is 0.626. The quantitative estimate of drug-likeness (QED) is 0.416. The first-order valence-corrected chi connectivity index (χ1v) is 10.3. The summed E-state index contributed by atoms with van der Waals surface area (Å²) in [5.41, 5.74) is 4.87. The second kappa shape index (κ2) is 9.96. The third-order valence-electron chi connectivity index (χ3n) is 4.80. The van der Waals surface area contributed by atoms with E-state index >= 15 is 0 Å². The number of hydrogen-bond acceptors (Lipinski definition) is 3. The first-order valence-electron chi connectivity index (χ1n) is 10.3. The topological polar surface area (TPSA) is 55.1 Å². The summed E-state index contributed by atoms with van der Waals surface area (Å²) in [7, 11) is 1.97. The van der Waals surface area contributed by atoms with Crippen LogP contribution >= 0.6 is 0 Å². The number of aromatic nitrogens is 3. The fourth-order valence-electron chi connectivity index (χ4n) is 3.23. The van der Waals surface area contributed by atoms with Crippen LogP contribution < -0.4 is 5.32 Å². The maximum absolute atomic E-state index is 14.4. The molecule has 0 spiro atoms. The highest BCUT2D eigenvalue weighted by Crippen LogP contribution is 2.22. The molecule has 0 aliphatic heterocycles. The summed E-state index contributed by atoms with van der Waals surface area (Å²) in [5, 5.41) is 3.20. The number of amidine groups is 1. The predicted molar refractivity (Wildman–Crippen MR) is 121 cm³/mol. The van der Waals surface area contributed by atoms with Gasteiger partial charge in [0.15, 0.2) is 11.7 Å². The summed E-state index contributed by atoms with van der Waals surface area (Å²) < 4.78 is 16.4. The van der Waals surface area contributed by atoms with Crippen LogP contribution in [0.2, 0.25) is 0 Å². The average molecular weight is 406 g/mol. The van der Waals surface area contributed by atoms with Gasteiger partial charge in [0.05, 0.1) is 29.0 Å². The highest BCUT2D eigenvalue weighted by atomic mass is 19.1. The van der Waals surface area contributed by atoms with E-state index in [0.717, 1.165) is 47.6 Å². The summed E-state index contributed by atoms with van der Waals surface area (Å²) in [6.07, 6.45) is 9.55. The third kappa shape index (κ3) is 5.00. The molecule has 0 saturated heterocycles. The van der Waals surface area contributed by atoms with Crippen molar-refractivity contribution in [1.29, 1.82) is 0 Å². The number of nitrogens with zero attached hydrogens (tertiary/aromatic N) is 4. The molecule has 5 nitrogen and oxygen atoms in total. The monoisotopic (exact) mass is 405 g/mol. The molecule has 0 unspecified atom stereocenters. The molecule has 3 heterocycles. The SMILES string of the molecule is CCC/C=C(/N=C(Nc1ccncc1F)c1c(CC)ccn1C)c1cccc(C)n1. The Labute approximate surface area is 177 Å². The van der Waals surface area contributed by atoms with Crippen LogP contribution in [0.25, 0.3) is 5.70 Å². The molecule has 30 heavy (non-hydrogen) atoms. The van der Waals surface area contributed by atoms with E-state index in [-0.39, 0.29) is 0 Å². The highest BCUT2D eigenvalue weighted by molar-refractivity contribution is 6.10. The summed E-state index contributed by atoms with van der Waals surface area (Å²) >= 11 is 0. The zero-order valence-corrected chi connectivity index (χ0v) is 18.0. The van der Waals surface area contributed by atoms with Crippen LogP contribution in [0.1, 0.15) is 49.3 Å².